The van der Waals surface area contributed by atoms with Crippen molar-refractivity contribution in [2.45, 2.75) is 89.9 Å². The Morgan fingerprint density at radius 3 is 2.61 bits per heavy atom. The van der Waals surface area contributed by atoms with Gasteiger partial charge in [-0.05, 0) is 86.0 Å². The summed E-state index contributed by atoms with van der Waals surface area (Å²) in [5.41, 5.74) is 6.52. The summed E-state index contributed by atoms with van der Waals surface area (Å²) in [6, 6.07) is 0.0427. The molecule has 0 radical (unpaired) electrons. The SMILES string of the molecule is CC(=O)OCC(=O)[C@@]1(O)CCC2C3CCC4C[C@@H](N=[N+]=[N-])CC[C@]4(C)C3C(O)C[C@@]21C. The molecule has 8 nitrogen and oxygen atoms in total. The third-order valence-electron chi connectivity index (χ3n) is 9.80. The van der Waals surface area contributed by atoms with Gasteiger partial charge in [0.15, 0.2) is 6.61 Å². The fourth-order valence-electron chi connectivity index (χ4n) is 8.29. The highest BCUT2D eigenvalue weighted by atomic mass is 16.5. The van der Waals surface area contributed by atoms with E-state index >= 15 is 0 Å². The smallest absolute Gasteiger partial charge is 0.303 e. The summed E-state index contributed by atoms with van der Waals surface area (Å²) in [5.74, 6) is -0.0392. The van der Waals surface area contributed by atoms with E-state index in [0.29, 0.717) is 18.8 Å². The fourth-order valence-corrected chi connectivity index (χ4v) is 8.29. The van der Waals surface area contributed by atoms with Gasteiger partial charge in [-0.1, -0.05) is 19.0 Å². The van der Waals surface area contributed by atoms with Gasteiger partial charge in [0.1, 0.15) is 5.60 Å². The Kier molecular flexibility index (Phi) is 5.64. The zero-order chi connectivity index (χ0) is 22.6. The molecule has 0 saturated heterocycles. The number of ketones is 1. The van der Waals surface area contributed by atoms with Crippen molar-refractivity contribution in [3.05, 3.63) is 10.4 Å². The monoisotopic (exact) mass is 433 g/mol. The van der Waals surface area contributed by atoms with Crippen molar-refractivity contribution >= 4 is 11.8 Å². The normalized spacial score (nSPS) is 48.5. The first-order valence-corrected chi connectivity index (χ1v) is 11.7. The molecule has 2 N–H and O–H groups in total. The van der Waals surface area contributed by atoms with E-state index in [4.69, 9.17) is 10.3 Å². The van der Waals surface area contributed by atoms with E-state index in [1.807, 2.05) is 6.92 Å². The van der Waals surface area contributed by atoms with Gasteiger partial charge in [0.05, 0.1) is 6.10 Å². The molecule has 4 saturated carbocycles. The number of fused-ring (bicyclic) bond motifs is 5. The van der Waals surface area contributed by atoms with Crippen LogP contribution in [0.25, 0.3) is 10.4 Å². The highest BCUT2D eigenvalue weighted by molar-refractivity contribution is 5.90. The Morgan fingerprint density at radius 1 is 1.19 bits per heavy atom. The molecule has 9 atom stereocenters. The van der Waals surface area contributed by atoms with E-state index < -0.39 is 35.5 Å². The number of aliphatic hydroxyl groups excluding tert-OH is 1. The van der Waals surface area contributed by atoms with Gasteiger partial charge in [-0.3, -0.25) is 9.59 Å². The van der Waals surface area contributed by atoms with E-state index in [-0.39, 0.29) is 29.2 Å². The molecule has 0 aliphatic heterocycles. The summed E-state index contributed by atoms with van der Waals surface area (Å²) in [5, 5.41) is 26.9. The minimum Gasteiger partial charge on any atom is -0.458 e. The molecule has 5 unspecified atom stereocenters. The minimum absolute atomic E-state index is 0.0202. The first-order chi connectivity index (χ1) is 14.6. The van der Waals surface area contributed by atoms with Crippen LogP contribution in [0.4, 0.5) is 0 Å². The van der Waals surface area contributed by atoms with Crippen LogP contribution in [0.3, 0.4) is 0 Å². The molecule has 31 heavy (non-hydrogen) atoms. The molecule has 0 aromatic heterocycles. The Labute approximate surface area is 183 Å². The molecule has 0 heterocycles. The number of nitrogens with zero attached hydrogens (tertiary/aromatic N) is 3. The third kappa shape index (κ3) is 3.30. The molecule has 4 aliphatic carbocycles. The van der Waals surface area contributed by atoms with Gasteiger partial charge in [-0.25, -0.2) is 0 Å². The van der Waals surface area contributed by atoms with Crippen molar-refractivity contribution in [2.24, 2.45) is 39.6 Å². The minimum atomic E-state index is -1.57. The molecule has 0 spiro atoms. The van der Waals surface area contributed by atoms with Gasteiger partial charge >= 0.3 is 5.97 Å². The van der Waals surface area contributed by atoms with E-state index in [1.54, 1.807) is 0 Å². The summed E-state index contributed by atoms with van der Waals surface area (Å²) in [6.45, 7) is 5.07. The van der Waals surface area contributed by atoms with E-state index in [1.165, 1.54) is 6.92 Å². The van der Waals surface area contributed by atoms with Crippen LogP contribution in [-0.2, 0) is 14.3 Å². The largest absolute Gasteiger partial charge is 0.458 e. The average Bonchev–Trinajstić information content (AvgIpc) is 2.98. The van der Waals surface area contributed by atoms with Crippen molar-refractivity contribution < 1.29 is 24.5 Å². The molecule has 0 aromatic rings. The average molecular weight is 434 g/mol. The maximum atomic E-state index is 12.9. The summed E-state index contributed by atoms with van der Waals surface area (Å²) >= 11 is 0. The molecule has 4 aliphatic rings. The molecular formula is C23H35N3O5. The number of aliphatic hydroxyl groups is 2. The molecule has 4 fully saturated rings. The quantitative estimate of drug-likeness (QED) is 0.303. The number of rotatable bonds is 4. The number of Topliss-reactive ketones (excluding diaryl/α,β-unsaturated/α-hetero) is 1. The topological polar surface area (TPSA) is 133 Å². The molecule has 172 valence electrons. The van der Waals surface area contributed by atoms with Crippen LogP contribution in [0.2, 0.25) is 0 Å². The van der Waals surface area contributed by atoms with E-state index in [0.717, 1.165) is 38.5 Å². The maximum Gasteiger partial charge on any atom is 0.303 e. The molecule has 4 rings (SSSR count). The molecule has 8 heteroatoms. The number of esters is 1. The fraction of sp³-hybridized carbons (Fsp3) is 0.913. The van der Waals surface area contributed by atoms with E-state index in [9.17, 15) is 19.8 Å². The Bertz CT molecular complexity index is 813. The number of ether oxygens (including phenoxy) is 1. The third-order valence-corrected chi connectivity index (χ3v) is 9.80. The van der Waals surface area contributed by atoms with Gasteiger partial charge in [0.2, 0.25) is 5.78 Å². The zero-order valence-electron chi connectivity index (χ0n) is 18.8. The predicted octanol–water partition coefficient (Wildman–Crippen LogP) is 3.54. The number of azide groups is 1. The molecule has 0 bridgehead atoms. The second-order valence-corrected chi connectivity index (χ2v) is 11.0. The number of carbonyl (C=O) groups is 2. The summed E-state index contributed by atoms with van der Waals surface area (Å²) in [7, 11) is 0. The summed E-state index contributed by atoms with van der Waals surface area (Å²) < 4.78 is 4.91. The summed E-state index contributed by atoms with van der Waals surface area (Å²) in [6.07, 6.45) is 5.51. The number of hydrogen-bond acceptors (Lipinski definition) is 6. The lowest BCUT2D eigenvalue weighted by molar-refractivity contribution is -0.200. The van der Waals surface area contributed by atoms with Gasteiger partial charge < -0.3 is 14.9 Å². The number of hydrogen-bond donors (Lipinski definition) is 2. The highest BCUT2D eigenvalue weighted by Gasteiger charge is 2.68. The predicted molar refractivity (Wildman–Crippen MR) is 113 cm³/mol. The lowest BCUT2D eigenvalue weighted by Gasteiger charge is -2.62. The lowest BCUT2D eigenvalue weighted by atomic mass is 9.43. The molecule has 0 amide bonds. The van der Waals surface area contributed by atoms with Crippen LogP contribution in [0.1, 0.15) is 72.1 Å². The van der Waals surface area contributed by atoms with Crippen LogP contribution >= 0.6 is 0 Å². The Hall–Kier alpha value is -1.63. The second kappa shape index (κ2) is 7.75. The van der Waals surface area contributed by atoms with Crippen LogP contribution < -0.4 is 0 Å². The van der Waals surface area contributed by atoms with Gasteiger partial charge in [0, 0.05) is 23.3 Å². The maximum absolute atomic E-state index is 12.9. The van der Waals surface area contributed by atoms with Crippen molar-refractivity contribution in [3.63, 3.8) is 0 Å². The zero-order valence-corrected chi connectivity index (χ0v) is 18.8. The lowest BCUT2D eigenvalue weighted by Crippen LogP contribution is -2.63. The second-order valence-electron chi connectivity index (χ2n) is 11.0. The van der Waals surface area contributed by atoms with Crippen molar-refractivity contribution in [1.82, 2.24) is 0 Å². The Balaban J connectivity index is 1.60. The molecular weight excluding hydrogens is 398 g/mol. The van der Waals surface area contributed by atoms with Crippen LogP contribution in [0.15, 0.2) is 5.11 Å². The van der Waals surface area contributed by atoms with Gasteiger partial charge in [-0.2, -0.15) is 0 Å². The standard InChI is InChI=1S/C23H35N3O5/c1-13(27)31-12-19(29)23(30)9-7-17-16-5-4-14-10-15(25-26-24)6-8-21(14,2)20(16)18(28)11-22(17,23)3/h14-18,20,28,30H,4-12H2,1-3H3/t14?,15-,16?,17?,18?,20?,21-,22-,23-/m0/s1. The van der Waals surface area contributed by atoms with Crippen molar-refractivity contribution in [3.8, 4) is 0 Å². The first-order valence-electron chi connectivity index (χ1n) is 11.7. The van der Waals surface area contributed by atoms with Crippen LogP contribution in [0, 0.1) is 34.5 Å². The van der Waals surface area contributed by atoms with Crippen molar-refractivity contribution in [2.75, 3.05) is 6.61 Å². The Morgan fingerprint density at radius 2 is 1.94 bits per heavy atom. The first kappa shape index (κ1) is 22.6. The highest BCUT2D eigenvalue weighted by Crippen LogP contribution is 2.68. The van der Waals surface area contributed by atoms with E-state index in [2.05, 4.69) is 16.9 Å². The van der Waals surface area contributed by atoms with Crippen LogP contribution in [-0.4, -0.2) is 46.3 Å². The summed E-state index contributed by atoms with van der Waals surface area (Å²) in [4.78, 5) is 27.1. The van der Waals surface area contributed by atoms with Crippen LogP contribution in [0.5, 0.6) is 0 Å². The number of carbonyl (C=O) groups excluding carboxylic acids is 2. The molecule has 0 aromatic carbocycles. The van der Waals surface area contributed by atoms with Gasteiger partial charge in [0.25, 0.3) is 0 Å². The van der Waals surface area contributed by atoms with Gasteiger partial charge in [-0.15, -0.1) is 0 Å². The van der Waals surface area contributed by atoms with Crippen molar-refractivity contribution in [1.29, 1.82) is 0 Å².